The lowest BCUT2D eigenvalue weighted by Gasteiger charge is -2.07. The Morgan fingerprint density at radius 3 is 2.82 bits per heavy atom. The third-order valence-electron chi connectivity index (χ3n) is 2.94. The van der Waals surface area contributed by atoms with Gasteiger partial charge in [0.25, 0.3) is 0 Å². The maximum Gasteiger partial charge on any atom is 0.240 e. The Morgan fingerprint density at radius 2 is 2.06 bits per heavy atom. The van der Waals surface area contributed by atoms with Crippen LogP contribution in [0.2, 0.25) is 0 Å². The largest absolute Gasteiger partial charge is 0.309 e. The average Bonchev–Trinajstić information content (AvgIpc) is 2.76. The first-order valence-electron chi connectivity index (χ1n) is 5.95. The van der Waals surface area contributed by atoms with Crippen molar-refractivity contribution in [3.63, 3.8) is 0 Å². The third kappa shape index (κ3) is 2.86. The lowest BCUT2D eigenvalue weighted by molar-refractivity contribution is 0.578. The van der Waals surface area contributed by atoms with E-state index in [0.29, 0.717) is 11.4 Å². The summed E-state index contributed by atoms with van der Waals surface area (Å²) in [6.07, 6.45) is 1.85. The van der Waals surface area contributed by atoms with E-state index in [1.54, 1.807) is 12.1 Å². The van der Waals surface area contributed by atoms with Crippen molar-refractivity contribution in [2.75, 3.05) is 6.54 Å². The number of rotatable bonds is 5. The summed E-state index contributed by atoms with van der Waals surface area (Å²) in [5, 5.41) is 3.20. The van der Waals surface area contributed by atoms with Crippen LogP contribution in [-0.4, -0.2) is 15.0 Å². The zero-order valence-corrected chi connectivity index (χ0v) is 10.8. The van der Waals surface area contributed by atoms with Gasteiger partial charge in [0.2, 0.25) is 10.0 Å². The van der Waals surface area contributed by atoms with Gasteiger partial charge in [-0.1, -0.05) is 19.4 Å². The average molecular weight is 254 g/mol. The molecule has 94 valence electrons. The van der Waals surface area contributed by atoms with Gasteiger partial charge in [0.05, 0.1) is 4.90 Å². The Morgan fingerprint density at radius 1 is 1.29 bits per heavy atom. The van der Waals surface area contributed by atoms with Gasteiger partial charge in [-0.3, -0.25) is 0 Å². The number of sulfonamides is 1. The van der Waals surface area contributed by atoms with E-state index in [1.807, 2.05) is 13.0 Å². The molecule has 2 rings (SSSR count). The maximum absolute atomic E-state index is 12.0. The molecule has 0 saturated heterocycles. The Balaban J connectivity index is 2.16. The first-order chi connectivity index (χ1) is 8.13. The second-order valence-electron chi connectivity index (χ2n) is 4.29. The van der Waals surface area contributed by atoms with Crippen LogP contribution in [0, 0.1) is 0 Å². The molecule has 1 aliphatic heterocycles. The summed E-state index contributed by atoms with van der Waals surface area (Å²) in [7, 11) is -3.33. The molecule has 0 unspecified atom stereocenters. The van der Waals surface area contributed by atoms with Crippen LogP contribution in [0.1, 0.15) is 30.9 Å². The molecule has 1 aromatic carbocycles. The highest BCUT2D eigenvalue weighted by Gasteiger charge is 2.17. The summed E-state index contributed by atoms with van der Waals surface area (Å²) in [5.74, 6) is 0. The first-order valence-corrected chi connectivity index (χ1v) is 7.44. The molecule has 0 aromatic heterocycles. The SMILES string of the molecule is CCCCNS(=O)(=O)c1ccc2c(c1)CNC2. The van der Waals surface area contributed by atoms with Crippen molar-refractivity contribution < 1.29 is 8.42 Å². The Hall–Kier alpha value is -0.910. The van der Waals surface area contributed by atoms with E-state index < -0.39 is 10.0 Å². The smallest absolute Gasteiger partial charge is 0.240 e. The van der Waals surface area contributed by atoms with Crippen molar-refractivity contribution in [2.24, 2.45) is 0 Å². The lowest BCUT2D eigenvalue weighted by Crippen LogP contribution is -2.24. The zero-order chi connectivity index (χ0) is 12.3. The fourth-order valence-corrected chi connectivity index (χ4v) is 3.03. The standard InChI is InChI=1S/C12H18N2O2S/c1-2-3-6-14-17(15,16)12-5-4-10-8-13-9-11(10)7-12/h4-5,7,13-14H,2-3,6,8-9H2,1H3. The van der Waals surface area contributed by atoms with Crippen molar-refractivity contribution >= 4 is 10.0 Å². The van der Waals surface area contributed by atoms with Gasteiger partial charge in [0, 0.05) is 19.6 Å². The molecule has 0 spiro atoms. The molecule has 1 aromatic rings. The number of fused-ring (bicyclic) bond motifs is 1. The molecule has 0 amide bonds. The fourth-order valence-electron chi connectivity index (χ4n) is 1.90. The Kier molecular flexibility index (Phi) is 3.81. The summed E-state index contributed by atoms with van der Waals surface area (Å²) >= 11 is 0. The molecule has 0 aliphatic carbocycles. The number of unbranched alkanes of at least 4 members (excludes halogenated alkanes) is 1. The van der Waals surface area contributed by atoms with Crippen LogP contribution in [0.3, 0.4) is 0 Å². The lowest BCUT2D eigenvalue weighted by atomic mass is 10.1. The van der Waals surface area contributed by atoms with E-state index in [-0.39, 0.29) is 0 Å². The van der Waals surface area contributed by atoms with Crippen molar-refractivity contribution in [3.8, 4) is 0 Å². The quantitative estimate of drug-likeness (QED) is 0.780. The van der Waals surface area contributed by atoms with E-state index in [4.69, 9.17) is 0 Å². The van der Waals surface area contributed by atoms with Gasteiger partial charge in [-0.05, 0) is 29.7 Å². The molecule has 0 saturated carbocycles. The van der Waals surface area contributed by atoms with E-state index >= 15 is 0 Å². The Bertz CT molecular complexity index is 497. The summed E-state index contributed by atoms with van der Waals surface area (Å²) in [6, 6.07) is 5.34. The molecule has 17 heavy (non-hydrogen) atoms. The van der Waals surface area contributed by atoms with Crippen LogP contribution in [0.4, 0.5) is 0 Å². The van der Waals surface area contributed by atoms with Gasteiger partial charge in [-0.2, -0.15) is 0 Å². The van der Waals surface area contributed by atoms with Gasteiger partial charge in [-0.15, -0.1) is 0 Å². The van der Waals surface area contributed by atoms with Gasteiger partial charge in [-0.25, -0.2) is 13.1 Å². The molecule has 1 aliphatic rings. The van der Waals surface area contributed by atoms with Crippen LogP contribution in [0.25, 0.3) is 0 Å². The molecule has 5 heteroatoms. The maximum atomic E-state index is 12.0. The summed E-state index contributed by atoms with van der Waals surface area (Å²) in [4.78, 5) is 0.371. The predicted octanol–water partition coefficient (Wildman–Crippen LogP) is 1.37. The van der Waals surface area contributed by atoms with Crippen LogP contribution >= 0.6 is 0 Å². The van der Waals surface area contributed by atoms with Crippen LogP contribution in [-0.2, 0) is 23.1 Å². The number of hydrogen-bond donors (Lipinski definition) is 2. The molecular formula is C12H18N2O2S. The fraction of sp³-hybridized carbons (Fsp3) is 0.500. The minimum Gasteiger partial charge on any atom is -0.309 e. The zero-order valence-electron chi connectivity index (χ0n) is 9.99. The minimum atomic E-state index is -3.33. The van der Waals surface area contributed by atoms with Gasteiger partial charge >= 0.3 is 0 Å². The topological polar surface area (TPSA) is 58.2 Å². The van der Waals surface area contributed by atoms with Crippen LogP contribution < -0.4 is 10.0 Å². The molecular weight excluding hydrogens is 236 g/mol. The summed E-state index contributed by atoms with van der Waals surface area (Å²) < 4.78 is 26.6. The van der Waals surface area contributed by atoms with Crippen molar-refractivity contribution in [3.05, 3.63) is 29.3 Å². The molecule has 2 N–H and O–H groups in total. The molecule has 0 bridgehead atoms. The molecule has 1 heterocycles. The number of hydrogen-bond acceptors (Lipinski definition) is 3. The van der Waals surface area contributed by atoms with Gasteiger partial charge in [0.1, 0.15) is 0 Å². The normalized spacial score (nSPS) is 14.9. The highest BCUT2D eigenvalue weighted by Crippen LogP contribution is 2.19. The number of nitrogens with one attached hydrogen (secondary N) is 2. The van der Waals surface area contributed by atoms with Gasteiger partial charge < -0.3 is 5.32 Å². The van der Waals surface area contributed by atoms with Crippen LogP contribution in [0.15, 0.2) is 23.1 Å². The van der Waals surface area contributed by atoms with Gasteiger partial charge in [0.15, 0.2) is 0 Å². The molecule has 4 nitrogen and oxygen atoms in total. The predicted molar refractivity (Wildman–Crippen MR) is 67.1 cm³/mol. The monoisotopic (exact) mass is 254 g/mol. The highest BCUT2D eigenvalue weighted by atomic mass is 32.2. The first kappa shape index (κ1) is 12.5. The van der Waals surface area contributed by atoms with Crippen LogP contribution in [0.5, 0.6) is 0 Å². The highest BCUT2D eigenvalue weighted by molar-refractivity contribution is 7.89. The minimum absolute atomic E-state index is 0.371. The second kappa shape index (κ2) is 5.16. The van der Waals surface area contributed by atoms with E-state index in [2.05, 4.69) is 10.0 Å². The second-order valence-corrected chi connectivity index (χ2v) is 6.05. The van der Waals surface area contributed by atoms with Crippen molar-refractivity contribution in [2.45, 2.75) is 37.8 Å². The van der Waals surface area contributed by atoms with Crippen molar-refractivity contribution in [1.29, 1.82) is 0 Å². The van der Waals surface area contributed by atoms with E-state index in [0.717, 1.165) is 31.5 Å². The van der Waals surface area contributed by atoms with Crippen molar-refractivity contribution in [1.82, 2.24) is 10.0 Å². The van der Waals surface area contributed by atoms with E-state index in [1.165, 1.54) is 5.56 Å². The molecule has 0 fully saturated rings. The van der Waals surface area contributed by atoms with E-state index in [9.17, 15) is 8.42 Å². The summed E-state index contributed by atoms with van der Waals surface area (Å²) in [6.45, 7) is 4.14. The molecule has 0 atom stereocenters. The Labute approximate surface area is 102 Å². The third-order valence-corrected chi connectivity index (χ3v) is 4.40. The molecule has 0 radical (unpaired) electrons. The number of benzene rings is 1. The summed E-state index contributed by atoms with van der Waals surface area (Å²) in [5.41, 5.74) is 2.28.